The molecule has 0 saturated carbocycles. The number of rotatable bonds is 5. The zero-order chi connectivity index (χ0) is 12.8. The van der Waals surface area contributed by atoms with Gasteiger partial charge in [0.1, 0.15) is 12.4 Å². The number of aliphatic hydroxyl groups is 1. The van der Waals surface area contributed by atoms with Gasteiger partial charge in [-0.1, -0.05) is 18.2 Å². The summed E-state index contributed by atoms with van der Waals surface area (Å²) in [6, 6.07) is 18.7. The second-order valence-corrected chi connectivity index (χ2v) is 7.03. The zero-order valence-corrected chi connectivity index (χ0v) is 12.4. The van der Waals surface area contributed by atoms with Gasteiger partial charge in [-0.3, -0.25) is 0 Å². The fourth-order valence-electron chi connectivity index (χ4n) is 1.41. The van der Waals surface area contributed by atoms with Crippen molar-refractivity contribution in [3.8, 4) is 5.75 Å². The van der Waals surface area contributed by atoms with Crippen molar-refractivity contribution < 1.29 is 31.0 Å². The summed E-state index contributed by atoms with van der Waals surface area (Å²) in [6.07, 6.45) is -0.429. The van der Waals surface area contributed by atoms with Gasteiger partial charge in [-0.2, -0.15) is 0 Å². The van der Waals surface area contributed by atoms with Crippen LogP contribution in [-0.2, 0) is 0 Å². The van der Waals surface area contributed by atoms with Gasteiger partial charge in [0.05, 0.1) is 6.10 Å². The topological polar surface area (TPSA) is 29.5 Å². The van der Waals surface area contributed by atoms with Crippen LogP contribution in [0.2, 0.25) is 0 Å². The lowest BCUT2D eigenvalue weighted by molar-refractivity contribution is -0.597. The van der Waals surface area contributed by atoms with E-state index < -0.39 is 6.10 Å². The van der Waals surface area contributed by atoms with Crippen molar-refractivity contribution >= 4 is 0 Å². The van der Waals surface area contributed by atoms with Crippen LogP contribution in [0.5, 0.6) is 5.75 Å². The van der Waals surface area contributed by atoms with Crippen LogP contribution in [0, 0.1) is 7.14 Å². The number of hydrogen-bond donors (Lipinski definition) is 1. The predicted octanol–water partition coefficient (Wildman–Crippen LogP) is -0.425. The summed E-state index contributed by atoms with van der Waals surface area (Å²) in [5.41, 5.74) is 0. The highest BCUT2D eigenvalue weighted by Crippen LogP contribution is 2.08. The minimum atomic E-state index is -0.429. The molecule has 1 atom stereocenters. The summed E-state index contributed by atoms with van der Waals surface area (Å²) in [7, 11) is 0. The molecule has 0 aliphatic heterocycles. The molecule has 1 unspecified atom stereocenters. The van der Waals surface area contributed by atoms with E-state index in [1.54, 1.807) is 6.92 Å². The molecule has 0 fully saturated rings. The zero-order valence-electron chi connectivity index (χ0n) is 10.2. The highest BCUT2D eigenvalue weighted by Gasteiger charge is 2.14. The van der Waals surface area contributed by atoms with Crippen molar-refractivity contribution in [1.29, 1.82) is 0 Å². The Kier molecular flexibility index (Phi) is 5.01. The molecule has 0 radical (unpaired) electrons. The molecule has 0 amide bonds. The van der Waals surface area contributed by atoms with Crippen LogP contribution in [0.3, 0.4) is 0 Å². The molecule has 0 aliphatic carbocycles. The first-order valence-corrected chi connectivity index (χ1v) is 8.00. The Morgan fingerprint density at radius 1 is 1.00 bits per heavy atom. The lowest BCUT2D eigenvalue weighted by Crippen LogP contribution is -3.61. The third kappa shape index (κ3) is 4.31. The van der Waals surface area contributed by atoms with Gasteiger partial charge in [-0.05, 0) is 43.3 Å². The smallest absolute Gasteiger partial charge is 0.357 e. The van der Waals surface area contributed by atoms with E-state index in [-0.39, 0.29) is 21.2 Å². The van der Waals surface area contributed by atoms with Crippen molar-refractivity contribution in [2.24, 2.45) is 0 Å². The van der Waals surface area contributed by atoms with Crippen LogP contribution in [0.15, 0.2) is 54.6 Å². The number of hydrogen-bond acceptors (Lipinski definition) is 2. The molecule has 2 rings (SSSR count). The average molecular weight is 355 g/mol. The van der Waals surface area contributed by atoms with Gasteiger partial charge in [-0.15, -0.1) is 0 Å². The minimum Gasteiger partial charge on any atom is -0.491 e. The molecule has 0 bridgehead atoms. The van der Waals surface area contributed by atoms with Gasteiger partial charge in [0.15, 0.2) is 7.14 Å². The normalized spacial score (nSPS) is 12.1. The van der Waals surface area contributed by atoms with E-state index in [9.17, 15) is 0 Å². The number of ether oxygens (including phenoxy) is 1. The largest absolute Gasteiger partial charge is 0.491 e. The van der Waals surface area contributed by atoms with Crippen LogP contribution >= 0.6 is 0 Å². The second-order valence-electron chi connectivity index (χ2n) is 4.00. The maximum absolute atomic E-state index is 9.14. The van der Waals surface area contributed by atoms with Gasteiger partial charge in [0.25, 0.3) is 0 Å². The van der Waals surface area contributed by atoms with E-state index >= 15 is 0 Å². The molecule has 2 aromatic carbocycles. The quantitative estimate of drug-likeness (QED) is 0.738. The average Bonchev–Trinajstić information content (AvgIpc) is 2.39. The Morgan fingerprint density at radius 3 is 2.22 bits per heavy atom. The molecular weight excluding hydrogens is 339 g/mol. The molecule has 1 N–H and O–H groups in total. The second kappa shape index (κ2) is 6.75. The Labute approximate surface area is 118 Å². The lowest BCUT2D eigenvalue weighted by Gasteiger charge is -2.06. The molecule has 2 nitrogen and oxygen atoms in total. The lowest BCUT2D eigenvalue weighted by atomic mass is 10.3. The standard InChI is InChI=1S/C15H16IO2/c1-12(17)11-18-15-9-7-14(8-10-15)16-13-5-3-2-4-6-13/h2-10,12,17H,11H2,1H3/q+1. The molecule has 0 heterocycles. The fourth-order valence-corrected chi connectivity index (χ4v) is 3.63. The van der Waals surface area contributed by atoms with Gasteiger partial charge >= 0.3 is 21.2 Å². The summed E-state index contributed by atoms with van der Waals surface area (Å²) < 4.78 is 8.21. The summed E-state index contributed by atoms with van der Waals surface area (Å²) >= 11 is -0.112. The molecule has 0 aromatic heterocycles. The molecular formula is C15H16IO2+. The van der Waals surface area contributed by atoms with E-state index in [4.69, 9.17) is 9.84 Å². The Balaban J connectivity index is 1.95. The number of halogens is 1. The van der Waals surface area contributed by atoms with Gasteiger partial charge < -0.3 is 9.84 Å². The molecule has 0 aliphatic rings. The van der Waals surface area contributed by atoms with Crippen LogP contribution in [0.25, 0.3) is 0 Å². The maximum atomic E-state index is 9.14. The highest BCUT2D eigenvalue weighted by molar-refractivity contribution is 5.20. The molecule has 94 valence electrons. The van der Waals surface area contributed by atoms with E-state index in [0.29, 0.717) is 6.61 Å². The maximum Gasteiger partial charge on any atom is 0.357 e. The Bertz CT molecular complexity index is 466. The SMILES string of the molecule is CC(O)COc1ccc([I+]c2ccccc2)cc1. The Morgan fingerprint density at radius 2 is 1.61 bits per heavy atom. The molecule has 0 spiro atoms. The van der Waals surface area contributed by atoms with E-state index in [2.05, 4.69) is 36.4 Å². The van der Waals surface area contributed by atoms with Crippen LogP contribution in [0.1, 0.15) is 6.92 Å². The molecule has 2 aromatic rings. The molecule has 18 heavy (non-hydrogen) atoms. The number of aliphatic hydroxyl groups excluding tert-OH is 1. The Hall–Kier alpha value is -1.07. The monoisotopic (exact) mass is 355 g/mol. The minimum absolute atomic E-state index is 0.112. The van der Waals surface area contributed by atoms with E-state index in [0.717, 1.165) is 5.75 Å². The third-order valence-electron chi connectivity index (χ3n) is 2.26. The fraction of sp³-hybridized carbons (Fsp3) is 0.200. The van der Waals surface area contributed by atoms with Crippen LogP contribution in [0.4, 0.5) is 0 Å². The predicted molar refractivity (Wildman–Crippen MR) is 67.5 cm³/mol. The summed E-state index contributed by atoms with van der Waals surface area (Å²) in [6.45, 7) is 2.06. The molecule has 0 saturated heterocycles. The van der Waals surface area contributed by atoms with Crippen molar-refractivity contribution in [3.63, 3.8) is 0 Å². The third-order valence-corrected chi connectivity index (χ3v) is 4.94. The highest BCUT2D eigenvalue weighted by atomic mass is 127. The van der Waals surface area contributed by atoms with Crippen molar-refractivity contribution in [2.45, 2.75) is 13.0 Å². The van der Waals surface area contributed by atoms with E-state index in [1.165, 1.54) is 7.14 Å². The van der Waals surface area contributed by atoms with Crippen molar-refractivity contribution in [1.82, 2.24) is 0 Å². The molecule has 3 heteroatoms. The van der Waals surface area contributed by atoms with Crippen LogP contribution < -0.4 is 25.9 Å². The van der Waals surface area contributed by atoms with E-state index in [1.807, 2.05) is 18.2 Å². The summed E-state index contributed by atoms with van der Waals surface area (Å²) in [4.78, 5) is 0. The van der Waals surface area contributed by atoms with Gasteiger partial charge in [0, 0.05) is 0 Å². The summed E-state index contributed by atoms with van der Waals surface area (Å²) in [5, 5.41) is 9.14. The van der Waals surface area contributed by atoms with Crippen LogP contribution in [-0.4, -0.2) is 17.8 Å². The first-order valence-electron chi connectivity index (χ1n) is 5.85. The first kappa shape index (κ1) is 13.4. The van der Waals surface area contributed by atoms with Crippen molar-refractivity contribution in [2.75, 3.05) is 6.61 Å². The van der Waals surface area contributed by atoms with Gasteiger partial charge in [0.2, 0.25) is 0 Å². The number of benzene rings is 2. The van der Waals surface area contributed by atoms with Gasteiger partial charge in [-0.25, -0.2) is 0 Å². The first-order chi connectivity index (χ1) is 8.74. The summed E-state index contributed by atoms with van der Waals surface area (Å²) in [5.74, 6) is 0.816. The van der Waals surface area contributed by atoms with Crippen molar-refractivity contribution in [3.05, 3.63) is 61.7 Å².